The molecule has 0 unspecified atom stereocenters. The molecule has 2 rings (SSSR count). The summed E-state index contributed by atoms with van der Waals surface area (Å²) >= 11 is 0. The minimum atomic E-state index is -0.0570. The van der Waals surface area contributed by atoms with Crippen molar-refractivity contribution in [1.82, 2.24) is 5.32 Å². The first kappa shape index (κ1) is 14.4. The number of nitrogens with zero attached hydrogens (tertiary/aromatic N) is 1. The van der Waals surface area contributed by atoms with E-state index >= 15 is 0 Å². The molecule has 1 aliphatic rings. The number of ether oxygens (including phenoxy) is 1. The van der Waals surface area contributed by atoms with Gasteiger partial charge in [-0.3, -0.25) is 0 Å². The van der Waals surface area contributed by atoms with E-state index in [4.69, 9.17) is 4.74 Å². The molecule has 0 spiro atoms. The summed E-state index contributed by atoms with van der Waals surface area (Å²) in [5, 5.41) is 3.43. The minimum Gasteiger partial charge on any atom is -0.372 e. The Morgan fingerprint density at radius 2 is 2.16 bits per heavy atom. The average Bonchev–Trinajstić information content (AvgIpc) is 2.35. The van der Waals surface area contributed by atoms with Crippen molar-refractivity contribution < 1.29 is 4.74 Å². The molecule has 1 N–H and O–H groups in total. The van der Waals surface area contributed by atoms with Crippen LogP contribution >= 0.6 is 0 Å². The first-order chi connectivity index (χ1) is 9.02. The van der Waals surface area contributed by atoms with E-state index in [1.807, 2.05) is 0 Å². The Bertz CT molecular complexity index is 429. The number of aryl methyl sites for hydroxylation is 1. The van der Waals surface area contributed by atoms with E-state index in [0.29, 0.717) is 0 Å². The van der Waals surface area contributed by atoms with E-state index in [2.05, 4.69) is 56.1 Å². The van der Waals surface area contributed by atoms with Crippen molar-refractivity contribution in [3.05, 3.63) is 29.3 Å². The van der Waals surface area contributed by atoms with Crippen LogP contribution in [0.2, 0.25) is 0 Å². The van der Waals surface area contributed by atoms with Crippen molar-refractivity contribution in [2.24, 2.45) is 0 Å². The van der Waals surface area contributed by atoms with E-state index in [9.17, 15) is 0 Å². The normalized spacial score (nSPS) is 18.6. The maximum absolute atomic E-state index is 5.80. The van der Waals surface area contributed by atoms with Crippen LogP contribution in [0.15, 0.2) is 18.2 Å². The number of hydrogen-bond donors (Lipinski definition) is 1. The van der Waals surface area contributed by atoms with Crippen molar-refractivity contribution in [3.63, 3.8) is 0 Å². The van der Waals surface area contributed by atoms with Gasteiger partial charge in [-0.2, -0.15) is 0 Å². The van der Waals surface area contributed by atoms with Crippen LogP contribution in [-0.4, -0.2) is 31.8 Å². The number of morpholine rings is 1. The van der Waals surface area contributed by atoms with Gasteiger partial charge < -0.3 is 15.0 Å². The Kier molecular flexibility index (Phi) is 4.48. The maximum Gasteiger partial charge on any atom is 0.0801 e. The molecule has 0 amide bonds. The highest BCUT2D eigenvalue weighted by molar-refractivity contribution is 5.55. The highest BCUT2D eigenvalue weighted by Gasteiger charge is 2.28. The smallest absolute Gasteiger partial charge is 0.0801 e. The Hall–Kier alpha value is -1.06. The topological polar surface area (TPSA) is 24.5 Å². The molecule has 0 aromatic heterocycles. The zero-order valence-electron chi connectivity index (χ0n) is 12.6. The zero-order valence-corrected chi connectivity index (χ0v) is 12.6. The molecule has 3 heteroatoms. The largest absolute Gasteiger partial charge is 0.372 e. The van der Waals surface area contributed by atoms with Gasteiger partial charge in [-0.1, -0.05) is 24.6 Å². The molecule has 106 valence electrons. The molecule has 0 atom stereocenters. The lowest BCUT2D eigenvalue weighted by Gasteiger charge is -2.40. The van der Waals surface area contributed by atoms with Crippen molar-refractivity contribution in [1.29, 1.82) is 0 Å². The number of anilines is 1. The minimum absolute atomic E-state index is 0.0570. The summed E-state index contributed by atoms with van der Waals surface area (Å²) < 4.78 is 5.80. The average molecular weight is 262 g/mol. The van der Waals surface area contributed by atoms with Crippen LogP contribution in [0.4, 0.5) is 5.69 Å². The Morgan fingerprint density at radius 3 is 2.84 bits per heavy atom. The molecular formula is C16H26N2O. The lowest BCUT2D eigenvalue weighted by molar-refractivity contribution is -0.0277. The molecule has 1 saturated heterocycles. The highest BCUT2D eigenvalue weighted by Crippen LogP contribution is 2.27. The Labute approximate surface area is 116 Å². The predicted molar refractivity (Wildman–Crippen MR) is 80.8 cm³/mol. The van der Waals surface area contributed by atoms with Gasteiger partial charge in [0.2, 0.25) is 0 Å². The van der Waals surface area contributed by atoms with Crippen LogP contribution in [0, 0.1) is 6.92 Å². The molecule has 0 radical (unpaired) electrons. The maximum atomic E-state index is 5.80. The van der Waals surface area contributed by atoms with Gasteiger partial charge in [-0.05, 0) is 38.9 Å². The van der Waals surface area contributed by atoms with Gasteiger partial charge >= 0.3 is 0 Å². The van der Waals surface area contributed by atoms with Crippen LogP contribution in [0.25, 0.3) is 0 Å². The number of benzene rings is 1. The Balaban J connectivity index is 2.22. The van der Waals surface area contributed by atoms with Crippen LogP contribution < -0.4 is 10.2 Å². The quantitative estimate of drug-likeness (QED) is 0.903. The molecule has 3 nitrogen and oxygen atoms in total. The van der Waals surface area contributed by atoms with Gasteiger partial charge in [0.05, 0.1) is 12.2 Å². The fraction of sp³-hybridized carbons (Fsp3) is 0.625. The number of rotatable bonds is 4. The van der Waals surface area contributed by atoms with Gasteiger partial charge in [-0.15, -0.1) is 0 Å². The molecule has 0 aliphatic carbocycles. The lowest BCUT2D eigenvalue weighted by atomic mass is 10.0. The first-order valence-corrected chi connectivity index (χ1v) is 7.21. The summed E-state index contributed by atoms with van der Waals surface area (Å²) in [6.07, 6.45) is 0. The molecule has 1 aromatic rings. The monoisotopic (exact) mass is 262 g/mol. The number of nitrogens with one attached hydrogen (secondary N) is 1. The molecular weight excluding hydrogens is 236 g/mol. The number of hydrogen-bond acceptors (Lipinski definition) is 3. The van der Waals surface area contributed by atoms with Gasteiger partial charge in [0.1, 0.15) is 0 Å². The Morgan fingerprint density at radius 1 is 1.37 bits per heavy atom. The van der Waals surface area contributed by atoms with Gasteiger partial charge in [0, 0.05) is 25.3 Å². The van der Waals surface area contributed by atoms with E-state index in [-0.39, 0.29) is 5.60 Å². The van der Waals surface area contributed by atoms with E-state index < -0.39 is 0 Å². The first-order valence-electron chi connectivity index (χ1n) is 7.21. The van der Waals surface area contributed by atoms with Crippen LogP contribution in [0.1, 0.15) is 31.9 Å². The van der Waals surface area contributed by atoms with Gasteiger partial charge in [-0.25, -0.2) is 0 Å². The third kappa shape index (κ3) is 3.71. The molecule has 0 bridgehead atoms. The van der Waals surface area contributed by atoms with Crippen molar-refractivity contribution in [2.45, 2.75) is 39.8 Å². The summed E-state index contributed by atoms with van der Waals surface area (Å²) in [6.45, 7) is 13.3. The van der Waals surface area contributed by atoms with Crippen LogP contribution in [-0.2, 0) is 11.3 Å². The summed E-state index contributed by atoms with van der Waals surface area (Å²) in [5.41, 5.74) is 4.00. The molecule has 1 heterocycles. The summed E-state index contributed by atoms with van der Waals surface area (Å²) in [6, 6.07) is 6.75. The molecule has 19 heavy (non-hydrogen) atoms. The summed E-state index contributed by atoms with van der Waals surface area (Å²) in [5.74, 6) is 0. The predicted octanol–water partition coefficient (Wildman–Crippen LogP) is 2.72. The second kappa shape index (κ2) is 5.93. The third-order valence-corrected chi connectivity index (χ3v) is 3.57. The second-order valence-electron chi connectivity index (χ2n) is 5.94. The van der Waals surface area contributed by atoms with Crippen molar-refractivity contribution in [2.75, 3.05) is 31.1 Å². The molecule has 1 aliphatic heterocycles. The fourth-order valence-corrected chi connectivity index (χ4v) is 2.65. The highest BCUT2D eigenvalue weighted by atomic mass is 16.5. The van der Waals surface area contributed by atoms with Crippen LogP contribution in [0.3, 0.4) is 0 Å². The summed E-state index contributed by atoms with van der Waals surface area (Å²) in [7, 11) is 0. The summed E-state index contributed by atoms with van der Waals surface area (Å²) in [4.78, 5) is 2.45. The van der Waals surface area contributed by atoms with Crippen molar-refractivity contribution in [3.8, 4) is 0 Å². The van der Waals surface area contributed by atoms with E-state index in [1.165, 1.54) is 16.8 Å². The third-order valence-electron chi connectivity index (χ3n) is 3.57. The van der Waals surface area contributed by atoms with E-state index in [0.717, 1.165) is 32.8 Å². The lowest BCUT2D eigenvalue weighted by Crippen LogP contribution is -2.48. The molecule has 1 aromatic carbocycles. The fourth-order valence-electron chi connectivity index (χ4n) is 2.65. The van der Waals surface area contributed by atoms with Gasteiger partial charge in [0.25, 0.3) is 0 Å². The van der Waals surface area contributed by atoms with E-state index in [1.54, 1.807) is 0 Å². The standard InChI is InChI=1S/C16H26N2O/c1-5-17-11-14-10-13(2)6-7-15(14)18-8-9-19-16(3,4)12-18/h6-7,10,17H,5,8-9,11-12H2,1-4H3. The zero-order chi connectivity index (χ0) is 13.9. The SMILES string of the molecule is CCNCc1cc(C)ccc1N1CCOC(C)(C)C1. The molecule has 1 fully saturated rings. The second-order valence-corrected chi connectivity index (χ2v) is 5.94. The van der Waals surface area contributed by atoms with Crippen LogP contribution in [0.5, 0.6) is 0 Å². The van der Waals surface area contributed by atoms with Crippen molar-refractivity contribution >= 4 is 5.69 Å². The van der Waals surface area contributed by atoms with Gasteiger partial charge in [0.15, 0.2) is 0 Å². The molecule has 0 saturated carbocycles.